The van der Waals surface area contributed by atoms with Crippen LogP contribution in [0.2, 0.25) is 0 Å². The Labute approximate surface area is 267 Å². The summed E-state index contributed by atoms with van der Waals surface area (Å²) >= 11 is 0. The number of hydrogen-bond donors (Lipinski definition) is 0. The molecule has 46 heavy (non-hydrogen) atoms. The molecule has 0 aliphatic heterocycles. The molecule has 0 fully saturated rings. The Morgan fingerprint density at radius 2 is 1.02 bits per heavy atom. The van der Waals surface area contributed by atoms with E-state index < -0.39 is 0 Å². The van der Waals surface area contributed by atoms with E-state index >= 15 is 0 Å². The van der Waals surface area contributed by atoms with Gasteiger partial charge in [-0.15, -0.1) is 0 Å². The molecule has 0 saturated heterocycles. The van der Waals surface area contributed by atoms with Crippen molar-refractivity contribution in [2.45, 2.75) is 0 Å². The molecule has 2 heteroatoms. The van der Waals surface area contributed by atoms with Crippen LogP contribution in [0.15, 0.2) is 180 Å². The van der Waals surface area contributed by atoms with Gasteiger partial charge in [-0.05, 0) is 69.2 Å². The van der Waals surface area contributed by atoms with Crippen LogP contribution in [0.3, 0.4) is 0 Å². The Hall–Kier alpha value is -6.12. The molecule has 1 aromatic heterocycles. The predicted octanol–water partition coefficient (Wildman–Crippen LogP) is 12.7. The highest BCUT2D eigenvalue weighted by Gasteiger charge is 2.23. The van der Waals surface area contributed by atoms with Crippen LogP contribution >= 0.6 is 0 Å². The van der Waals surface area contributed by atoms with Crippen molar-refractivity contribution < 1.29 is 4.42 Å². The quantitative estimate of drug-likeness (QED) is 0.199. The van der Waals surface area contributed by atoms with Crippen molar-refractivity contribution in [2.24, 2.45) is 0 Å². The number of rotatable bonds is 5. The molecule has 1 heterocycles. The second-order valence-corrected chi connectivity index (χ2v) is 11.7. The smallest absolute Gasteiger partial charge is 0.143 e. The van der Waals surface area contributed by atoms with Gasteiger partial charge < -0.3 is 9.32 Å². The fourth-order valence-corrected chi connectivity index (χ4v) is 6.95. The maximum Gasteiger partial charge on any atom is 0.143 e. The van der Waals surface area contributed by atoms with E-state index in [9.17, 15) is 0 Å². The van der Waals surface area contributed by atoms with Crippen molar-refractivity contribution in [1.82, 2.24) is 0 Å². The number of hydrogen-bond acceptors (Lipinski definition) is 2. The molecular weight excluding hydrogens is 558 g/mol. The fourth-order valence-electron chi connectivity index (χ4n) is 6.95. The third-order valence-electron chi connectivity index (χ3n) is 9.04. The molecule has 0 N–H and O–H groups in total. The van der Waals surface area contributed by atoms with Crippen LogP contribution in [0, 0.1) is 0 Å². The van der Waals surface area contributed by atoms with Crippen molar-refractivity contribution in [3.05, 3.63) is 176 Å². The molecule has 0 spiro atoms. The van der Waals surface area contributed by atoms with Crippen LogP contribution in [-0.2, 0) is 0 Å². The molecular formula is C44H29NO. The van der Waals surface area contributed by atoms with Crippen LogP contribution in [0.1, 0.15) is 0 Å². The molecule has 8 aromatic carbocycles. The van der Waals surface area contributed by atoms with Crippen LogP contribution in [0.5, 0.6) is 0 Å². The van der Waals surface area contributed by atoms with Gasteiger partial charge in [-0.1, -0.05) is 140 Å². The number of para-hydroxylation sites is 1. The lowest BCUT2D eigenvalue weighted by Gasteiger charge is -2.29. The van der Waals surface area contributed by atoms with E-state index in [1.807, 2.05) is 0 Å². The zero-order valence-corrected chi connectivity index (χ0v) is 25.1. The first-order valence-corrected chi connectivity index (χ1v) is 15.7. The van der Waals surface area contributed by atoms with Gasteiger partial charge in [0, 0.05) is 22.0 Å². The summed E-state index contributed by atoms with van der Waals surface area (Å²) in [5.41, 5.74) is 9.77. The summed E-state index contributed by atoms with van der Waals surface area (Å²) in [5, 5.41) is 6.98. The Morgan fingerprint density at radius 1 is 0.391 bits per heavy atom. The standard InChI is InChI=1S/C44H29NO/c1-2-13-31(14-3-1)37-21-8-9-24-40(37)45(34-19-10-18-33(29-34)36-23-11-17-30-15-4-6-20-35(30)36)41-25-12-26-42-43(41)39-28-27-32-16-5-7-22-38(32)44(39)46-42/h1-29H. The third-order valence-corrected chi connectivity index (χ3v) is 9.04. The van der Waals surface area contributed by atoms with E-state index in [1.165, 1.54) is 32.8 Å². The van der Waals surface area contributed by atoms with Crippen LogP contribution in [0.4, 0.5) is 17.1 Å². The van der Waals surface area contributed by atoms with Gasteiger partial charge in [0.2, 0.25) is 0 Å². The minimum absolute atomic E-state index is 0.872. The second kappa shape index (κ2) is 10.8. The highest BCUT2D eigenvalue weighted by atomic mass is 16.3. The number of benzene rings is 8. The predicted molar refractivity (Wildman–Crippen MR) is 194 cm³/mol. The van der Waals surface area contributed by atoms with Crippen LogP contribution < -0.4 is 4.90 Å². The Morgan fingerprint density at radius 3 is 1.91 bits per heavy atom. The van der Waals surface area contributed by atoms with Gasteiger partial charge in [0.05, 0.1) is 16.8 Å². The molecule has 216 valence electrons. The minimum Gasteiger partial charge on any atom is -0.455 e. The van der Waals surface area contributed by atoms with E-state index in [-0.39, 0.29) is 0 Å². The van der Waals surface area contributed by atoms with Gasteiger partial charge in [0.15, 0.2) is 0 Å². The zero-order valence-electron chi connectivity index (χ0n) is 25.1. The van der Waals surface area contributed by atoms with E-state index in [1.54, 1.807) is 0 Å². The van der Waals surface area contributed by atoms with Crippen molar-refractivity contribution in [2.75, 3.05) is 4.90 Å². The summed E-state index contributed by atoms with van der Waals surface area (Å²) in [7, 11) is 0. The van der Waals surface area contributed by atoms with Gasteiger partial charge >= 0.3 is 0 Å². The summed E-state index contributed by atoms with van der Waals surface area (Å²) in [4.78, 5) is 2.41. The SMILES string of the molecule is c1ccc(-c2ccccc2N(c2cccc(-c3cccc4ccccc34)c2)c2cccc3oc4c5ccccc5ccc4c23)cc1. The lowest BCUT2D eigenvalue weighted by atomic mass is 9.97. The monoisotopic (exact) mass is 587 g/mol. The van der Waals surface area contributed by atoms with E-state index in [0.29, 0.717) is 0 Å². The molecule has 0 aliphatic carbocycles. The molecule has 9 rings (SSSR count). The number of fused-ring (bicyclic) bond motifs is 6. The van der Waals surface area contributed by atoms with Crippen molar-refractivity contribution in [3.63, 3.8) is 0 Å². The van der Waals surface area contributed by atoms with Crippen LogP contribution in [-0.4, -0.2) is 0 Å². The summed E-state index contributed by atoms with van der Waals surface area (Å²) in [5.74, 6) is 0. The Balaban J connectivity index is 1.34. The largest absolute Gasteiger partial charge is 0.455 e. The minimum atomic E-state index is 0.872. The lowest BCUT2D eigenvalue weighted by Crippen LogP contribution is -2.11. The maximum absolute atomic E-state index is 6.66. The molecule has 0 radical (unpaired) electrons. The van der Waals surface area contributed by atoms with Crippen LogP contribution in [0.25, 0.3) is 65.7 Å². The summed E-state index contributed by atoms with van der Waals surface area (Å²) < 4.78 is 6.66. The first-order valence-electron chi connectivity index (χ1n) is 15.7. The van der Waals surface area contributed by atoms with Crippen molar-refractivity contribution in [1.29, 1.82) is 0 Å². The topological polar surface area (TPSA) is 16.4 Å². The average Bonchev–Trinajstić information content (AvgIpc) is 3.52. The van der Waals surface area contributed by atoms with Gasteiger partial charge in [0.1, 0.15) is 11.2 Å². The summed E-state index contributed by atoms with van der Waals surface area (Å²) in [6.07, 6.45) is 0. The molecule has 0 atom stereocenters. The molecule has 0 aliphatic rings. The Bertz CT molecular complexity index is 2540. The molecule has 2 nitrogen and oxygen atoms in total. The second-order valence-electron chi connectivity index (χ2n) is 11.7. The first-order chi connectivity index (χ1) is 22.8. The van der Waals surface area contributed by atoms with E-state index in [0.717, 1.165) is 50.0 Å². The fraction of sp³-hybridized carbons (Fsp3) is 0. The number of anilines is 3. The van der Waals surface area contributed by atoms with E-state index in [2.05, 4.69) is 181 Å². The van der Waals surface area contributed by atoms with Crippen molar-refractivity contribution in [3.8, 4) is 22.3 Å². The lowest BCUT2D eigenvalue weighted by molar-refractivity contribution is 0.672. The number of nitrogens with zero attached hydrogens (tertiary/aromatic N) is 1. The van der Waals surface area contributed by atoms with Crippen molar-refractivity contribution >= 4 is 60.5 Å². The normalized spacial score (nSPS) is 11.5. The highest BCUT2D eigenvalue weighted by molar-refractivity contribution is 6.20. The Kier molecular flexibility index (Phi) is 6.17. The van der Waals surface area contributed by atoms with Gasteiger partial charge in [-0.2, -0.15) is 0 Å². The number of furan rings is 1. The summed E-state index contributed by atoms with van der Waals surface area (Å²) in [6.45, 7) is 0. The van der Waals surface area contributed by atoms with Gasteiger partial charge in [-0.3, -0.25) is 0 Å². The molecule has 0 amide bonds. The maximum atomic E-state index is 6.66. The van der Waals surface area contributed by atoms with E-state index in [4.69, 9.17) is 4.42 Å². The third kappa shape index (κ3) is 4.27. The van der Waals surface area contributed by atoms with Gasteiger partial charge in [-0.25, -0.2) is 0 Å². The average molecular weight is 588 g/mol. The first kappa shape index (κ1) is 26.3. The molecule has 9 aromatic rings. The molecule has 0 saturated carbocycles. The zero-order chi connectivity index (χ0) is 30.5. The highest BCUT2D eigenvalue weighted by Crippen LogP contribution is 2.47. The molecule has 0 unspecified atom stereocenters. The molecule has 0 bridgehead atoms. The summed E-state index contributed by atoms with van der Waals surface area (Å²) in [6, 6.07) is 62.7. The van der Waals surface area contributed by atoms with Gasteiger partial charge in [0.25, 0.3) is 0 Å².